The van der Waals surface area contributed by atoms with Crippen LogP contribution in [0.1, 0.15) is 46.2 Å². The van der Waals surface area contributed by atoms with Crippen molar-refractivity contribution in [1.82, 2.24) is 0 Å². The summed E-state index contributed by atoms with van der Waals surface area (Å²) >= 11 is 0. The van der Waals surface area contributed by atoms with Gasteiger partial charge in [-0.2, -0.15) is 0 Å². The monoisotopic (exact) mass is 438 g/mol. The van der Waals surface area contributed by atoms with Gasteiger partial charge in [0.1, 0.15) is 11.4 Å². The van der Waals surface area contributed by atoms with Gasteiger partial charge in [0, 0.05) is 10.9 Å². The molecule has 0 amide bonds. The van der Waals surface area contributed by atoms with Crippen molar-refractivity contribution in [3.8, 4) is 0 Å². The molecule has 0 radical (unpaired) electrons. The minimum atomic E-state index is -0.964. The van der Waals surface area contributed by atoms with Crippen LogP contribution in [-0.4, -0.2) is 16.9 Å². The standard InChI is InChI=1S/C28H19FO4/c1-16-22(21-11-10-20(29)14-24(21)23(16)15-27(30)31)12-17-6-8-18(9-7-17)28(32)26-13-19-4-2-3-5-25(19)33-26/h2-14H,15H2,1H3,(H,30,31)/b22-12-. The van der Waals surface area contributed by atoms with Crippen LogP contribution in [0.4, 0.5) is 4.39 Å². The average Bonchev–Trinajstić information content (AvgIpc) is 3.34. The van der Waals surface area contributed by atoms with Crippen molar-refractivity contribution >= 4 is 39.9 Å². The zero-order valence-corrected chi connectivity index (χ0v) is 17.8. The lowest BCUT2D eigenvalue weighted by Gasteiger charge is -2.05. The summed E-state index contributed by atoms with van der Waals surface area (Å²) in [7, 11) is 0. The van der Waals surface area contributed by atoms with E-state index in [1.165, 1.54) is 12.1 Å². The minimum absolute atomic E-state index is 0.176. The van der Waals surface area contributed by atoms with Crippen molar-refractivity contribution in [2.75, 3.05) is 0 Å². The second-order valence-corrected chi connectivity index (χ2v) is 8.02. The number of rotatable bonds is 5. The van der Waals surface area contributed by atoms with E-state index in [0.29, 0.717) is 22.3 Å². The number of carboxylic acid groups (broad SMARTS) is 1. The Morgan fingerprint density at radius 1 is 0.970 bits per heavy atom. The highest BCUT2D eigenvalue weighted by Crippen LogP contribution is 2.43. The van der Waals surface area contributed by atoms with Crippen molar-refractivity contribution < 1.29 is 23.5 Å². The number of carbonyl (C=O) groups is 2. The summed E-state index contributed by atoms with van der Waals surface area (Å²) in [5, 5.41) is 10.2. The molecule has 1 aliphatic carbocycles. The van der Waals surface area contributed by atoms with Crippen LogP contribution in [0, 0.1) is 5.82 Å². The second kappa shape index (κ2) is 8.02. The van der Waals surface area contributed by atoms with Crippen LogP contribution < -0.4 is 0 Å². The van der Waals surface area contributed by atoms with Crippen molar-refractivity contribution in [2.24, 2.45) is 0 Å². The summed E-state index contributed by atoms with van der Waals surface area (Å²) in [5.74, 6) is -1.29. The van der Waals surface area contributed by atoms with Crippen LogP contribution in [0.25, 0.3) is 28.2 Å². The van der Waals surface area contributed by atoms with E-state index in [-0.39, 0.29) is 18.0 Å². The topological polar surface area (TPSA) is 67.5 Å². The predicted molar refractivity (Wildman–Crippen MR) is 125 cm³/mol. The number of hydrogen-bond acceptors (Lipinski definition) is 3. The van der Waals surface area contributed by atoms with Crippen LogP contribution in [0.3, 0.4) is 0 Å². The number of fused-ring (bicyclic) bond motifs is 2. The number of carbonyl (C=O) groups excluding carboxylic acids is 1. The number of carboxylic acids is 1. The molecule has 0 spiro atoms. The highest BCUT2D eigenvalue weighted by atomic mass is 19.1. The molecular formula is C28H19FO4. The van der Waals surface area contributed by atoms with Gasteiger partial charge in [-0.1, -0.05) is 48.5 Å². The first-order valence-corrected chi connectivity index (χ1v) is 10.5. The van der Waals surface area contributed by atoms with Crippen LogP contribution in [-0.2, 0) is 4.79 Å². The lowest BCUT2D eigenvalue weighted by atomic mass is 9.99. The Bertz CT molecular complexity index is 1450. The fourth-order valence-corrected chi connectivity index (χ4v) is 4.27. The molecule has 0 fully saturated rings. The van der Waals surface area contributed by atoms with Gasteiger partial charge in [0.25, 0.3) is 0 Å². The SMILES string of the molecule is CC1=C(CC(=O)O)c2cc(F)ccc2/C1=C\c1ccc(C(=O)c2cc3ccccc3o2)cc1. The molecule has 5 rings (SSSR count). The molecule has 0 unspecified atom stereocenters. The van der Waals surface area contributed by atoms with Gasteiger partial charge in [-0.05, 0) is 70.7 Å². The summed E-state index contributed by atoms with van der Waals surface area (Å²) in [6.07, 6.45) is 1.75. The van der Waals surface area contributed by atoms with E-state index < -0.39 is 11.8 Å². The Labute approximate surface area is 189 Å². The van der Waals surface area contributed by atoms with Gasteiger partial charge < -0.3 is 9.52 Å². The van der Waals surface area contributed by atoms with Gasteiger partial charge in [0.05, 0.1) is 6.42 Å². The summed E-state index contributed by atoms with van der Waals surface area (Å²) in [4.78, 5) is 24.2. The highest BCUT2D eigenvalue weighted by Gasteiger charge is 2.25. The van der Waals surface area contributed by atoms with Gasteiger partial charge in [0.2, 0.25) is 5.78 Å². The Hall–Kier alpha value is -4.25. The molecule has 33 heavy (non-hydrogen) atoms. The maximum absolute atomic E-state index is 13.9. The first kappa shape index (κ1) is 20.6. The molecule has 4 nitrogen and oxygen atoms in total. The Morgan fingerprint density at radius 2 is 1.73 bits per heavy atom. The van der Waals surface area contributed by atoms with Crippen molar-refractivity contribution in [2.45, 2.75) is 13.3 Å². The predicted octanol–water partition coefficient (Wildman–Crippen LogP) is 6.61. The first-order valence-electron chi connectivity index (χ1n) is 10.5. The zero-order chi connectivity index (χ0) is 23.1. The van der Waals surface area contributed by atoms with E-state index in [1.807, 2.05) is 49.4 Å². The smallest absolute Gasteiger partial charge is 0.307 e. The Kier molecular flexibility index (Phi) is 5.02. The molecule has 0 atom stereocenters. The molecular weight excluding hydrogens is 419 g/mol. The molecule has 1 aliphatic rings. The molecule has 1 aromatic heterocycles. The summed E-state index contributed by atoms with van der Waals surface area (Å²) in [6.45, 7) is 1.85. The average molecular weight is 438 g/mol. The zero-order valence-electron chi connectivity index (χ0n) is 17.8. The van der Waals surface area contributed by atoms with Crippen molar-refractivity contribution in [3.63, 3.8) is 0 Å². The largest absolute Gasteiger partial charge is 0.481 e. The van der Waals surface area contributed by atoms with Crippen molar-refractivity contribution in [3.05, 3.63) is 112 Å². The van der Waals surface area contributed by atoms with E-state index in [0.717, 1.165) is 27.7 Å². The molecule has 0 saturated heterocycles. The van der Waals surface area contributed by atoms with Crippen LogP contribution in [0.15, 0.2) is 82.8 Å². The van der Waals surface area contributed by atoms with Crippen LogP contribution in [0.5, 0.6) is 0 Å². The third-order valence-corrected chi connectivity index (χ3v) is 5.91. The summed E-state index contributed by atoms with van der Waals surface area (Å²) in [5.41, 5.74) is 5.68. The number of allylic oxidation sites excluding steroid dienone is 2. The van der Waals surface area contributed by atoms with Crippen LogP contribution in [0.2, 0.25) is 0 Å². The number of para-hydroxylation sites is 1. The molecule has 3 aromatic carbocycles. The Morgan fingerprint density at radius 3 is 2.45 bits per heavy atom. The van der Waals surface area contributed by atoms with E-state index in [9.17, 15) is 19.1 Å². The van der Waals surface area contributed by atoms with Gasteiger partial charge in [0.15, 0.2) is 5.76 Å². The third kappa shape index (κ3) is 3.78. The molecule has 0 bridgehead atoms. The molecule has 162 valence electrons. The normalized spacial score (nSPS) is 14.2. The number of ketones is 1. The highest BCUT2D eigenvalue weighted by molar-refractivity contribution is 6.10. The lowest BCUT2D eigenvalue weighted by molar-refractivity contribution is -0.135. The molecule has 0 saturated carbocycles. The number of hydrogen-bond donors (Lipinski definition) is 1. The van der Waals surface area contributed by atoms with E-state index in [2.05, 4.69) is 0 Å². The third-order valence-electron chi connectivity index (χ3n) is 5.91. The number of furan rings is 1. The quantitative estimate of drug-likeness (QED) is 0.356. The van der Waals surface area contributed by atoms with Gasteiger partial charge in [-0.25, -0.2) is 4.39 Å². The molecule has 1 N–H and O–H groups in total. The maximum Gasteiger partial charge on any atom is 0.307 e. The van der Waals surface area contributed by atoms with Gasteiger partial charge in [-0.15, -0.1) is 0 Å². The Balaban J connectivity index is 1.48. The minimum Gasteiger partial charge on any atom is -0.481 e. The van der Waals surface area contributed by atoms with E-state index in [4.69, 9.17) is 4.42 Å². The lowest BCUT2D eigenvalue weighted by Crippen LogP contribution is -1.99. The second-order valence-electron chi connectivity index (χ2n) is 8.02. The fourth-order valence-electron chi connectivity index (χ4n) is 4.27. The maximum atomic E-state index is 13.9. The number of benzene rings is 3. The first-order chi connectivity index (χ1) is 15.9. The van der Waals surface area contributed by atoms with Gasteiger partial charge >= 0.3 is 5.97 Å². The summed E-state index contributed by atoms with van der Waals surface area (Å²) < 4.78 is 19.5. The molecule has 1 heterocycles. The number of aliphatic carboxylic acids is 1. The van der Waals surface area contributed by atoms with Gasteiger partial charge in [-0.3, -0.25) is 9.59 Å². The van der Waals surface area contributed by atoms with E-state index in [1.54, 1.807) is 24.3 Å². The van der Waals surface area contributed by atoms with Crippen LogP contribution >= 0.6 is 0 Å². The molecule has 4 aromatic rings. The fraction of sp³-hybridized carbons (Fsp3) is 0.0714. The molecule has 0 aliphatic heterocycles. The van der Waals surface area contributed by atoms with E-state index >= 15 is 0 Å². The molecule has 5 heteroatoms. The number of halogens is 1. The summed E-state index contributed by atoms with van der Waals surface area (Å²) in [6, 6.07) is 20.8. The van der Waals surface area contributed by atoms with Crippen molar-refractivity contribution in [1.29, 1.82) is 0 Å².